The Balaban J connectivity index is 1.57. The molecule has 0 aromatic heterocycles. The number of aliphatic hydroxyl groups is 1. The van der Waals surface area contributed by atoms with Gasteiger partial charge in [-0.15, -0.1) is 0 Å². The summed E-state index contributed by atoms with van der Waals surface area (Å²) in [6.45, 7) is 0. The molecule has 88 valence electrons. The maximum atomic E-state index is 10.1. The molecule has 0 saturated heterocycles. The minimum absolute atomic E-state index is 0.0884. The van der Waals surface area contributed by atoms with Crippen molar-refractivity contribution in [2.75, 3.05) is 0 Å². The second-order valence-corrected chi connectivity index (χ2v) is 7.44. The summed E-state index contributed by atoms with van der Waals surface area (Å²) in [6, 6.07) is 0. The summed E-state index contributed by atoms with van der Waals surface area (Å²) in [5.41, 5.74) is 0. The van der Waals surface area contributed by atoms with Crippen molar-refractivity contribution in [3.8, 4) is 0 Å². The summed E-state index contributed by atoms with van der Waals surface area (Å²) < 4.78 is 0. The van der Waals surface area contributed by atoms with Crippen LogP contribution in [0, 0.1) is 47.3 Å². The summed E-state index contributed by atoms with van der Waals surface area (Å²) in [6.07, 6.45) is 8.79. The van der Waals surface area contributed by atoms with E-state index in [4.69, 9.17) is 0 Å². The first-order chi connectivity index (χ1) is 7.84. The lowest BCUT2D eigenvalue weighted by Gasteiger charge is -2.42. The lowest BCUT2D eigenvalue weighted by molar-refractivity contribution is -0.000102. The molecule has 0 aromatic carbocycles. The number of hydrogen-bond donors (Lipinski definition) is 1. The molecule has 0 radical (unpaired) electrons. The first-order valence-corrected chi connectivity index (χ1v) is 7.52. The van der Waals surface area contributed by atoms with Gasteiger partial charge in [0.2, 0.25) is 0 Å². The van der Waals surface area contributed by atoms with E-state index in [9.17, 15) is 5.11 Å². The Kier molecular flexibility index (Phi) is 1.50. The summed E-state index contributed by atoms with van der Waals surface area (Å²) in [5, 5.41) is 10.1. The number of hydrogen-bond acceptors (Lipinski definition) is 1. The predicted octanol–water partition coefficient (Wildman–Crippen LogP) is 2.69. The molecule has 5 rings (SSSR count). The molecule has 0 aliphatic heterocycles. The van der Waals surface area contributed by atoms with Crippen molar-refractivity contribution in [2.24, 2.45) is 47.3 Å². The normalized spacial score (nSPS) is 69.9. The summed E-state index contributed by atoms with van der Waals surface area (Å²) in [7, 11) is 0. The first kappa shape index (κ1) is 8.97. The summed E-state index contributed by atoms with van der Waals surface area (Å²) in [5.74, 6) is 8.07. The topological polar surface area (TPSA) is 20.2 Å². The Bertz CT molecular complexity index is 338. The van der Waals surface area contributed by atoms with Crippen LogP contribution in [0.5, 0.6) is 0 Å². The van der Waals surface area contributed by atoms with Gasteiger partial charge in [-0.05, 0) is 79.4 Å². The van der Waals surface area contributed by atoms with E-state index in [1.165, 1.54) is 19.3 Å². The molecule has 5 saturated carbocycles. The van der Waals surface area contributed by atoms with E-state index in [1.807, 2.05) is 0 Å². The van der Waals surface area contributed by atoms with Crippen LogP contribution in [0.4, 0.5) is 0 Å². The molecule has 0 spiro atoms. The highest BCUT2D eigenvalue weighted by atomic mass is 16.3. The largest absolute Gasteiger partial charge is 0.393 e. The van der Waals surface area contributed by atoms with Gasteiger partial charge in [-0.1, -0.05) is 6.42 Å². The Hall–Kier alpha value is -0.0400. The van der Waals surface area contributed by atoms with Crippen molar-refractivity contribution >= 4 is 0 Å². The lowest BCUT2D eigenvalue weighted by Crippen LogP contribution is -2.40. The van der Waals surface area contributed by atoms with Crippen molar-refractivity contribution in [1.82, 2.24) is 0 Å². The van der Waals surface area contributed by atoms with Gasteiger partial charge in [0.25, 0.3) is 0 Å². The van der Waals surface area contributed by atoms with Crippen LogP contribution in [-0.4, -0.2) is 11.2 Å². The molecule has 5 aliphatic rings. The Morgan fingerprint density at radius 2 is 1.44 bits per heavy atom. The van der Waals surface area contributed by atoms with Gasteiger partial charge < -0.3 is 5.11 Å². The zero-order chi connectivity index (χ0) is 10.4. The quantitative estimate of drug-likeness (QED) is 0.620. The number of aliphatic hydroxyl groups excluding tert-OH is 1. The van der Waals surface area contributed by atoms with E-state index in [0.29, 0.717) is 0 Å². The molecule has 5 fully saturated rings. The minimum Gasteiger partial charge on any atom is -0.393 e. The average Bonchev–Trinajstić information content (AvgIpc) is 2.99. The Morgan fingerprint density at radius 1 is 0.688 bits per heavy atom. The van der Waals surface area contributed by atoms with Gasteiger partial charge >= 0.3 is 0 Å². The molecular formula is C15H22O. The van der Waals surface area contributed by atoms with E-state index < -0.39 is 0 Å². The van der Waals surface area contributed by atoms with Crippen LogP contribution in [-0.2, 0) is 0 Å². The van der Waals surface area contributed by atoms with Crippen LogP contribution in [0.2, 0.25) is 0 Å². The fourth-order valence-electron chi connectivity index (χ4n) is 7.28. The van der Waals surface area contributed by atoms with E-state index in [0.717, 1.165) is 53.8 Å². The first-order valence-electron chi connectivity index (χ1n) is 7.52. The van der Waals surface area contributed by atoms with Crippen LogP contribution in [0.3, 0.4) is 0 Å². The smallest absolute Gasteiger partial charge is 0.0574 e. The molecule has 4 bridgehead atoms. The molecule has 1 heteroatoms. The Labute approximate surface area is 97.6 Å². The van der Waals surface area contributed by atoms with Gasteiger partial charge in [-0.2, -0.15) is 0 Å². The lowest BCUT2D eigenvalue weighted by atomic mass is 9.64. The highest BCUT2D eigenvalue weighted by molar-refractivity contribution is 5.15. The Morgan fingerprint density at radius 3 is 2.25 bits per heavy atom. The predicted molar refractivity (Wildman–Crippen MR) is 61.6 cm³/mol. The zero-order valence-corrected chi connectivity index (χ0v) is 9.89. The van der Waals surface area contributed by atoms with Crippen molar-refractivity contribution in [1.29, 1.82) is 0 Å². The maximum Gasteiger partial charge on any atom is 0.0574 e. The molecule has 1 N–H and O–H groups in total. The van der Waals surface area contributed by atoms with Crippen LogP contribution < -0.4 is 0 Å². The zero-order valence-electron chi connectivity index (χ0n) is 9.89. The van der Waals surface area contributed by atoms with E-state index in [-0.39, 0.29) is 6.10 Å². The number of fused-ring (bicyclic) bond motifs is 12. The maximum absolute atomic E-state index is 10.1. The molecule has 0 aromatic rings. The van der Waals surface area contributed by atoms with E-state index >= 15 is 0 Å². The molecule has 9 atom stereocenters. The third-order valence-electron chi connectivity index (χ3n) is 7.35. The molecule has 0 amide bonds. The highest BCUT2D eigenvalue weighted by Gasteiger charge is 2.67. The van der Waals surface area contributed by atoms with Gasteiger partial charge in [-0.25, -0.2) is 0 Å². The van der Waals surface area contributed by atoms with Gasteiger partial charge in [0.05, 0.1) is 6.10 Å². The van der Waals surface area contributed by atoms with Gasteiger partial charge in [-0.3, -0.25) is 0 Å². The summed E-state index contributed by atoms with van der Waals surface area (Å²) >= 11 is 0. The van der Waals surface area contributed by atoms with Crippen LogP contribution in [0.15, 0.2) is 0 Å². The van der Waals surface area contributed by atoms with Gasteiger partial charge in [0.1, 0.15) is 0 Å². The van der Waals surface area contributed by atoms with Crippen molar-refractivity contribution in [2.45, 2.75) is 44.6 Å². The van der Waals surface area contributed by atoms with Gasteiger partial charge in [0.15, 0.2) is 0 Å². The minimum atomic E-state index is 0.0884. The van der Waals surface area contributed by atoms with Crippen molar-refractivity contribution < 1.29 is 5.11 Å². The van der Waals surface area contributed by atoms with Crippen LogP contribution in [0.1, 0.15) is 38.5 Å². The third kappa shape index (κ3) is 0.805. The van der Waals surface area contributed by atoms with Crippen LogP contribution >= 0.6 is 0 Å². The highest BCUT2D eigenvalue weighted by Crippen LogP contribution is 2.72. The van der Waals surface area contributed by atoms with Crippen LogP contribution in [0.25, 0.3) is 0 Å². The fraction of sp³-hybridized carbons (Fsp3) is 1.00. The molecule has 1 nitrogen and oxygen atoms in total. The van der Waals surface area contributed by atoms with Crippen molar-refractivity contribution in [3.05, 3.63) is 0 Å². The molecule has 0 heterocycles. The second-order valence-electron chi connectivity index (χ2n) is 7.44. The molecule has 16 heavy (non-hydrogen) atoms. The summed E-state index contributed by atoms with van der Waals surface area (Å²) in [4.78, 5) is 0. The third-order valence-corrected chi connectivity index (χ3v) is 7.35. The second kappa shape index (κ2) is 2.68. The molecule has 5 aliphatic carbocycles. The monoisotopic (exact) mass is 218 g/mol. The average molecular weight is 218 g/mol. The standard InChI is InChI=1S/C15H22O/c16-13-5-7-4-12(13)15-11-6-10(14(7)15)8-2-1-3-9(8)11/h7-16H,1-6H2. The molecule has 9 unspecified atom stereocenters. The van der Waals surface area contributed by atoms with Gasteiger partial charge in [0, 0.05) is 0 Å². The SMILES string of the molecule is OC1CC2CC1C1C3CC(C4CCCC43)C21. The van der Waals surface area contributed by atoms with E-state index in [2.05, 4.69) is 0 Å². The van der Waals surface area contributed by atoms with E-state index in [1.54, 1.807) is 12.8 Å². The fourth-order valence-corrected chi connectivity index (χ4v) is 7.28. The van der Waals surface area contributed by atoms with Crippen molar-refractivity contribution in [3.63, 3.8) is 0 Å². The molecular weight excluding hydrogens is 196 g/mol. The number of rotatable bonds is 0.